The molecule has 0 bridgehead atoms. The van der Waals surface area contributed by atoms with E-state index in [2.05, 4.69) is 0 Å². The van der Waals surface area contributed by atoms with Gasteiger partial charge in [0.15, 0.2) is 0 Å². The van der Waals surface area contributed by atoms with Crippen LogP contribution >= 0.6 is 0 Å². The van der Waals surface area contributed by atoms with E-state index in [-0.39, 0.29) is 23.8 Å². The minimum atomic E-state index is -0.658. The number of hydrogen-bond donors (Lipinski definition) is 0. The van der Waals surface area contributed by atoms with Gasteiger partial charge < -0.3 is 0 Å². The van der Waals surface area contributed by atoms with E-state index in [1.807, 2.05) is 0 Å². The van der Waals surface area contributed by atoms with Gasteiger partial charge in [-0.3, -0.25) is 14.9 Å². The van der Waals surface area contributed by atoms with Crippen molar-refractivity contribution in [1.29, 1.82) is 0 Å². The molecule has 0 amide bonds. The highest BCUT2D eigenvalue weighted by atomic mass is 19.1. The Hall–Kier alpha value is -1.78. The fourth-order valence-electron chi connectivity index (χ4n) is 1.59. The summed E-state index contributed by atoms with van der Waals surface area (Å²) in [5, 5.41) is 10.7. The second kappa shape index (κ2) is 4.00. The minimum absolute atomic E-state index is 0.00899. The van der Waals surface area contributed by atoms with Gasteiger partial charge in [0.2, 0.25) is 0 Å². The van der Waals surface area contributed by atoms with Crippen molar-refractivity contribution >= 4 is 11.5 Å². The first-order valence-corrected chi connectivity index (χ1v) is 5.03. The molecule has 0 spiro atoms. The van der Waals surface area contributed by atoms with E-state index in [1.54, 1.807) is 0 Å². The molecular weight excluding hydrogens is 213 g/mol. The molecular formula is C11H10FNO3. The third-order valence-corrected chi connectivity index (χ3v) is 2.64. The van der Waals surface area contributed by atoms with Crippen molar-refractivity contribution in [2.24, 2.45) is 5.92 Å². The summed E-state index contributed by atoms with van der Waals surface area (Å²) < 4.78 is 12.8. The SMILES string of the molecule is O=C(Cc1ccc(F)cc1[N+](=O)[O-])C1CC1. The Labute approximate surface area is 91.2 Å². The zero-order valence-electron chi connectivity index (χ0n) is 8.48. The van der Waals surface area contributed by atoms with Crippen LogP contribution in [0.3, 0.4) is 0 Å². The van der Waals surface area contributed by atoms with Gasteiger partial charge in [0, 0.05) is 17.9 Å². The van der Waals surface area contributed by atoms with Crippen molar-refractivity contribution in [2.45, 2.75) is 19.3 Å². The van der Waals surface area contributed by atoms with Crippen molar-refractivity contribution < 1.29 is 14.1 Å². The molecule has 16 heavy (non-hydrogen) atoms. The smallest absolute Gasteiger partial charge is 0.275 e. The highest BCUT2D eigenvalue weighted by Crippen LogP contribution is 2.32. The molecule has 0 saturated heterocycles. The summed E-state index contributed by atoms with van der Waals surface area (Å²) in [4.78, 5) is 21.5. The Kier molecular flexibility index (Phi) is 2.68. The molecule has 1 aromatic rings. The summed E-state index contributed by atoms with van der Waals surface area (Å²) in [5.74, 6) is -0.589. The van der Waals surface area contributed by atoms with Crippen LogP contribution < -0.4 is 0 Å². The van der Waals surface area contributed by atoms with Crippen LogP contribution in [0.25, 0.3) is 0 Å². The lowest BCUT2D eigenvalue weighted by molar-refractivity contribution is -0.385. The first-order valence-electron chi connectivity index (χ1n) is 5.03. The predicted octanol–water partition coefficient (Wildman–Crippen LogP) is 2.26. The van der Waals surface area contributed by atoms with Crippen LogP contribution in [-0.2, 0) is 11.2 Å². The first-order chi connectivity index (χ1) is 7.58. The number of carbonyl (C=O) groups excluding carboxylic acids is 1. The average Bonchev–Trinajstić information content (AvgIpc) is 3.03. The fraction of sp³-hybridized carbons (Fsp3) is 0.364. The van der Waals surface area contributed by atoms with Crippen LogP contribution in [0, 0.1) is 21.8 Å². The van der Waals surface area contributed by atoms with Gasteiger partial charge in [0.1, 0.15) is 11.6 Å². The number of Topliss-reactive ketones (excluding diaryl/α,β-unsaturated/α-hetero) is 1. The van der Waals surface area contributed by atoms with Crippen molar-refractivity contribution in [2.75, 3.05) is 0 Å². The Morgan fingerprint density at radius 3 is 2.75 bits per heavy atom. The molecule has 0 aliphatic heterocycles. The highest BCUT2D eigenvalue weighted by molar-refractivity contribution is 5.86. The molecule has 0 N–H and O–H groups in total. The van der Waals surface area contributed by atoms with E-state index >= 15 is 0 Å². The van der Waals surface area contributed by atoms with Crippen LogP contribution in [-0.4, -0.2) is 10.7 Å². The molecule has 0 atom stereocenters. The maximum absolute atomic E-state index is 12.8. The van der Waals surface area contributed by atoms with Gasteiger partial charge in [-0.1, -0.05) is 0 Å². The van der Waals surface area contributed by atoms with Crippen LogP contribution in [0.5, 0.6) is 0 Å². The first kappa shape index (κ1) is 10.7. The van der Waals surface area contributed by atoms with Crippen LogP contribution in [0.15, 0.2) is 18.2 Å². The van der Waals surface area contributed by atoms with Gasteiger partial charge in [0.05, 0.1) is 11.0 Å². The molecule has 1 aromatic carbocycles. The van der Waals surface area contributed by atoms with E-state index in [1.165, 1.54) is 6.07 Å². The van der Waals surface area contributed by atoms with Gasteiger partial charge in [-0.25, -0.2) is 4.39 Å². The molecule has 84 valence electrons. The van der Waals surface area contributed by atoms with E-state index in [0.29, 0.717) is 5.56 Å². The largest absolute Gasteiger partial charge is 0.299 e. The molecule has 5 heteroatoms. The second-order valence-corrected chi connectivity index (χ2v) is 3.95. The Bertz CT molecular complexity index is 455. The molecule has 0 radical (unpaired) electrons. The molecule has 4 nitrogen and oxygen atoms in total. The molecule has 1 fully saturated rings. The normalized spacial score (nSPS) is 14.8. The summed E-state index contributed by atoms with van der Waals surface area (Å²) in [6.45, 7) is 0. The van der Waals surface area contributed by atoms with E-state index in [4.69, 9.17) is 0 Å². The van der Waals surface area contributed by atoms with Crippen LogP contribution in [0.1, 0.15) is 18.4 Å². The summed E-state index contributed by atoms with van der Waals surface area (Å²) in [7, 11) is 0. The molecule has 0 unspecified atom stereocenters. The summed E-state index contributed by atoms with van der Waals surface area (Å²) in [6, 6.07) is 3.31. The van der Waals surface area contributed by atoms with Gasteiger partial charge in [-0.05, 0) is 25.0 Å². The van der Waals surface area contributed by atoms with Crippen LogP contribution in [0.2, 0.25) is 0 Å². The summed E-state index contributed by atoms with van der Waals surface area (Å²) in [5.41, 5.74) is -0.0164. The summed E-state index contributed by atoms with van der Waals surface area (Å²) >= 11 is 0. The third-order valence-electron chi connectivity index (χ3n) is 2.64. The zero-order valence-corrected chi connectivity index (χ0v) is 8.48. The lowest BCUT2D eigenvalue weighted by Crippen LogP contribution is -2.07. The number of hydrogen-bond acceptors (Lipinski definition) is 3. The van der Waals surface area contributed by atoms with Crippen molar-refractivity contribution in [3.63, 3.8) is 0 Å². The Morgan fingerprint density at radius 2 is 2.19 bits per heavy atom. The number of halogens is 1. The molecule has 1 saturated carbocycles. The highest BCUT2D eigenvalue weighted by Gasteiger charge is 2.30. The maximum Gasteiger partial charge on any atom is 0.275 e. The monoisotopic (exact) mass is 223 g/mol. The topological polar surface area (TPSA) is 60.2 Å². The molecule has 0 heterocycles. The van der Waals surface area contributed by atoms with E-state index in [0.717, 1.165) is 25.0 Å². The van der Waals surface area contributed by atoms with Gasteiger partial charge in [-0.2, -0.15) is 0 Å². The average molecular weight is 223 g/mol. The van der Waals surface area contributed by atoms with Crippen molar-refractivity contribution in [3.8, 4) is 0 Å². The predicted molar refractivity (Wildman–Crippen MR) is 54.5 cm³/mol. The van der Waals surface area contributed by atoms with Crippen molar-refractivity contribution in [1.82, 2.24) is 0 Å². The van der Waals surface area contributed by atoms with Gasteiger partial charge in [0.25, 0.3) is 5.69 Å². The van der Waals surface area contributed by atoms with E-state index in [9.17, 15) is 19.3 Å². The number of ketones is 1. The second-order valence-electron chi connectivity index (χ2n) is 3.95. The fourth-order valence-corrected chi connectivity index (χ4v) is 1.59. The molecule has 1 aliphatic rings. The van der Waals surface area contributed by atoms with E-state index < -0.39 is 10.7 Å². The Morgan fingerprint density at radius 1 is 1.50 bits per heavy atom. The third kappa shape index (κ3) is 2.24. The standard InChI is InChI=1S/C11H10FNO3/c12-9-4-3-8(10(6-9)13(15)16)5-11(14)7-1-2-7/h3-4,6-7H,1-2,5H2. The quantitative estimate of drug-likeness (QED) is 0.581. The lowest BCUT2D eigenvalue weighted by Gasteiger charge is -2.01. The number of nitro groups is 1. The molecule has 2 rings (SSSR count). The number of nitro benzene ring substituents is 1. The van der Waals surface area contributed by atoms with Crippen molar-refractivity contribution in [3.05, 3.63) is 39.7 Å². The number of rotatable bonds is 4. The lowest BCUT2D eigenvalue weighted by atomic mass is 10.0. The minimum Gasteiger partial charge on any atom is -0.299 e. The molecule has 0 aromatic heterocycles. The van der Waals surface area contributed by atoms with Crippen LogP contribution in [0.4, 0.5) is 10.1 Å². The van der Waals surface area contributed by atoms with Gasteiger partial charge >= 0.3 is 0 Å². The zero-order chi connectivity index (χ0) is 11.7. The number of nitrogens with zero attached hydrogens (tertiary/aromatic N) is 1. The number of benzene rings is 1. The van der Waals surface area contributed by atoms with Gasteiger partial charge in [-0.15, -0.1) is 0 Å². The molecule has 1 aliphatic carbocycles. The Balaban J connectivity index is 2.24. The maximum atomic E-state index is 12.8. The summed E-state index contributed by atoms with van der Waals surface area (Å²) in [6.07, 6.45) is 1.77. The number of carbonyl (C=O) groups is 1.